The van der Waals surface area contributed by atoms with Crippen LogP contribution in [0.2, 0.25) is 5.02 Å². The molecule has 0 fully saturated rings. The maximum atomic E-state index is 10.9. The highest BCUT2D eigenvalue weighted by Crippen LogP contribution is 2.33. The molecular weight excluding hydrogens is 244 g/mol. The molecule has 0 aromatic heterocycles. The Hall–Kier alpha value is -1.68. The van der Waals surface area contributed by atoms with Crippen LogP contribution < -0.4 is 9.47 Å². The van der Waals surface area contributed by atoms with Gasteiger partial charge in [-0.3, -0.25) is 0 Å². The lowest BCUT2D eigenvalue weighted by molar-refractivity contribution is 0.0696. The first kappa shape index (κ1) is 13.4. The summed E-state index contributed by atoms with van der Waals surface area (Å²) in [6.07, 6.45) is 1.58. The number of halogens is 1. The summed E-state index contributed by atoms with van der Waals surface area (Å²) >= 11 is 5.83. The van der Waals surface area contributed by atoms with Crippen molar-refractivity contribution in [3.05, 3.63) is 35.4 Å². The summed E-state index contributed by atoms with van der Waals surface area (Å²) in [6, 6.07) is 2.78. The maximum Gasteiger partial charge on any atom is 0.337 e. The molecule has 0 saturated carbocycles. The van der Waals surface area contributed by atoms with Crippen LogP contribution in [0.4, 0.5) is 0 Å². The number of benzene rings is 1. The van der Waals surface area contributed by atoms with Crippen molar-refractivity contribution in [2.45, 2.75) is 6.92 Å². The average molecular weight is 257 g/mol. The molecule has 0 spiro atoms. The molecule has 92 valence electrons. The molecule has 0 radical (unpaired) electrons. The summed E-state index contributed by atoms with van der Waals surface area (Å²) < 4.78 is 10.6. The highest BCUT2D eigenvalue weighted by molar-refractivity contribution is 6.33. The first-order valence-corrected chi connectivity index (χ1v) is 5.41. The van der Waals surface area contributed by atoms with E-state index in [1.54, 1.807) is 13.0 Å². The fourth-order valence-corrected chi connectivity index (χ4v) is 1.46. The standard InChI is InChI=1S/C12H13ClO4/c1-3-5-17-11-7-9(13)8(12(14)15)6-10(11)16-4-2/h3,6-7H,1,4-5H2,2H3,(H,14,15). The zero-order valence-corrected chi connectivity index (χ0v) is 10.2. The summed E-state index contributed by atoms with van der Waals surface area (Å²) in [5, 5.41) is 9.04. The van der Waals surface area contributed by atoms with Crippen molar-refractivity contribution in [1.29, 1.82) is 0 Å². The largest absolute Gasteiger partial charge is 0.490 e. The smallest absolute Gasteiger partial charge is 0.337 e. The predicted octanol–water partition coefficient (Wildman–Crippen LogP) is 3.00. The molecule has 0 saturated heterocycles. The van der Waals surface area contributed by atoms with Crippen molar-refractivity contribution in [2.24, 2.45) is 0 Å². The second-order valence-electron chi connectivity index (χ2n) is 3.12. The van der Waals surface area contributed by atoms with Crippen LogP contribution >= 0.6 is 11.6 Å². The molecule has 0 amide bonds. The molecule has 0 heterocycles. The zero-order chi connectivity index (χ0) is 12.8. The second kappa shape index (κ2) is 6.15. The van der Waals surface area contributed by atoms with Gasteiger partial charge in [-0.05, 0) is 6.92 Å². The highest BCUT2D eigenvalue weighted by Gasteiger charge is 2.15. The number of hydrogen-bond acceptors (Lipinski definition) is 3. The molecule has 5 heteroatoms. The topological polar surface area (TPSA) is 55.8 Å². The fraction of sp³-hybridized carbons (Fsp3) is 0.250. The van der Waals surface area contributed by atoms with E-state index in [1.807, 2.05) is 0 Å². The van der Waals surface area contributed by atoms with Crippen LogP contribution in [-0.4, -0.2) is 24.3 Å². The number of ether oxygens (including phenoxy) is 2. The molecule has 1 aromatic carbocycles. The Balaban J connectivity index is 3.14. The van der Waals surface area contributed by atoms with E-state index < -0.39 is 5.97 Å². The van der Waals surface area contributed by atoms with Gasteiger partial charge in [-0.25, -0.2) is 4.79 Å². The van der Waals surface area contributed by atoms with Crippen molar-refractivity contribution < 1.29 is 19.4 Å². The Kier molecular flexibility index (Phi) is 4.84. The van der Waals surface area contributed by atoms with Crippen molar-refractivity contribution in [3.8, 4) is 11.5 Å². The highest BCUT2D eigenvalue weighted by atomic mass is 35.5. The quantitative estimate of drug-likeness (QED) is 0.795. The summed E-state index contributed by atoms with van der Waals surface area (Å²) in [7, 11) is 0. The Labute approximate surface area is 104 Å². The minimum atomic E-state index is -1.11. The number of rotatable bonds is 6. The Bertz CT molecular complexity index is 429. The summed E-state index contributed by atoms with van der Waals surface area (Å²) in [4.78, 5) is 10.9. The summed E-state index contributed by atoms with van der Waals surface area (Å²) in [5.41, 5.74) is -0.0129. The van der Waals surface area contributed by atoms with E-state index in [0.717, 1.165) is 0 Å². The lowest BCUT2D eigenvalue weighted by Crippen LogP contribution is -2.03. The molecule has 17 heavy (non-hydrogen) atoms. The van der Waals surface area contributed by atoms with E-state index in [1.165, 1.54) is 12.1 Å². The number of aromatic carboxylic acids is 1. The van der Waals surface area contributed by atoms with E-state index >= 15 is 0 Å². The van der Waals surface area contributed by atoms with Gasteiger partial charge in [0.15, 0.2) is 11.5 Å². The number of carboxylic acid groups (broad SMARTS) is 1. The first-order chi connectivity index (χ1) is 8.10. The van der Waals surface area contributed by atoms with Gasteiger partial charge in [0.2, 0.25) is 0 Å². The van der Waals surface area contributed by atoms with Crippen LogP contribution in [0.3, 0.4) is 0 Å². The lowest BCUT2D eigenvalue weighted by Gasteiger charge is -2.12. The van der Waals surface area contributed by atoms with Crippen LogP contribution in [0.15, 0.2) is 24.8 Å². The van der Waals surface area contributed by atoms with Crippen molar-refractivity contribution in [2.75, 3.05) is 13.2 Å². The van der Waals surface area contributed by atoms with Gasteiger partial charge in [-0.15, -0.1) is 0 Å². The van der Waals surface area contributed by atoms with Gasteiger partial charge in [0, 0.05) is 12.1 Å². The molecule has 0 aliphatic rings. The zero-order valence-electron chi connectivity index (χ0n) is 9.40. The third-order valence-corrected chi connectivity index (χ3v) is 2.23. The molecule has 0 unspecified atom stereocenters. The van der Waals surface area contributed by atoms with E-state index in [4.69, 9.17) is 26.2 Å². The number of carbonyl (C=O) groups is 1. The van der Waals surface area contributed by atoms with E-state index in [9.17, 15) is 4.79 Å². The van der Waals surface area contributed by atoms with Gasteiger partial charge in [-0.1, -0.05) is 24.3 Å². The molecule has 0 bridgehead atoms. The Morgan fingerprint density at radius 3 is 2.65 bits per heavy atom. The SMILES string of the molecule is C=CCOc1cc(Cl)c(C(=O)O)cc1OCC. The molecule has 0 aliphatic carbocycles. The second-order valence-corrected chi connectivity index (χ2v) is 3.52. The van der Waals surface area contributed by atoms with Crippen molar-refractivity contribution in [3.63, 3.8) is 0 Å². The van der Waals surface area contributed by atoms with E-state index in [-0.39, 0.29) is 10.6 Å². The first-order valence-electron chi connectivity index (χ1n) is 5.03. The minimum Gasteiger partial charge on any atom is -0.490 e. The van der Waals surface area contributed by atoms with Crippen molar-refractivity contribution in [1.82, 2.24) is 0 Å². The Morgan fingerprint density at radius 2 is 2.12 bits per heavy atom. The van der Waals surface area contributed by atoms with Gasteiger partial charge in [0.05, 0.1) is 17.2 Å². The summed E-state index contributed by atoms with van der Waals surface area (Å²) in [5.74, 6) is -0.343. The average Bonchev–Trinajstić information content (AvgIpc) is 2.28. The Morgan fingerprint density at radius 1 is 1.47 bits per heavy atom. The minimum absolute atomic E-state index is 0.0129. The predicted molar refractivity (Wildman–Crippen MR) is 65.3 cm³/mol. The van der Waals surface area contributed by atoms with Gasteiger partial charge in [0.25, 0.3) is 0 Å². The fourth-order valence-electron chi connectivity index (χ4n) is 1.23. The van der Waals surface area contributed by atoms with E-state index in [0.29, 0.717) is 24.7 Å². The van der Waals surface area contributed by atoms with Crippen molar-refractivity contribution >= 4 is 17.6 Å². The van der Waals surface area contributed by atoms with Crippen LogP contribution in [0.25, 0.3) is 0 Å². The maximum absolute atomic E-state index is 10.9. The monoisotopic (exact) mass is 256 g/mol. The third kappa shape index (κ3) is 3.39. The molecule has 0 atom stereocenters. The van der Waals surface area contributed by atoms with Crippen LogP contribution in [-0.2, 0) is 0 Å². The number of carboxylic acids is 1. The van der Waals surface area contributed by atoms with E-state index in [2.05, 4.69) is 6.58 Å². The van der Waals surface area contributed by atoms with Gasteiger partial charge in [-0.2, -0.15) is 0 Å². The number of hydrogen-bond donors (Lipinski definition) is 1. The van der Waals surface area contributed by atoms with Crippen LogP contribution in [0.5, 0.6) is 11.5 Å². The van der Waals surface area contributed by atoms with Gasteiger partial charge in [0.1, 0.15) is 6.61 Å². The molecule has 1 aromatic rings. The van der Waals surface area contributed by atoms with Gasteiger partial charge < -0.3 is 14.6 Å². The molecular formula is C12H13ClO4. The van der Waals surface area contributed by atoms with Gasteiger partial charge >= 0.3 is 5.97 Å². The third-order valence-electron chi connectivity index (χ3n) is 1.92. The molecule has 1 rings (SSSR count). The summed E-state index contributed by atoms with van der Waals surface area (Å²) in [6.45, 7) is 6.03. The normalized spacial score (nSPS) is 9.76. The molecule has 1 N–H and O–H groups in total. The molecule has 0 aliphatic heterocycles. The van der Waals surface area contributed by atoms with Crippen LogP contribution in [0, 0.1) is 0 Å². The van der Waals surface area contributed by atoms with Crippen LogP contribution in [0.1, 0.15) is 17.3 Å². The lowest BCUT2D eigenvalue weighted by atomic mass is 10.2. The molecule has 4 nitrogen and oxygen atoms in total.